The van der Waals surface area contributed by atoms with Gasteiger partial charge in [0.25, 0.3) is 11.8 Å². The maximum Gasteiger partial charge on any atom is 0.255 e. The van der Waals surface area contributed by atoms with Gasteiger partial charge >= 0.3 is 0 Å². The second-order valence-electron chi connectivity index (χ2n) is 6.65. The summed E-state index contributed by atoms with van der Waals surface area (Å²) in [5, 5.41) is 5.74. The average Bonchev–Trinajstić information content (AvgIpc) is 2.65. The first-order valence-corrected chi connectivity index (χ1v) is 8.79. The van der Waals surface area contributed by atoms with Crippen molar-refractivity contribution < 1.29 is 9.59 Å². The van der Waals surface area contributed by atoms with Crippen molar-refractivity contribution in [2.45, 2.75) is 20.8 Å². The van der Waals surface area contributed by atoms with Crippen LogP contribution in [0.15, 0.2) is 66.7 Å². The van der Waals surface area contributed by atoms with Crippen LogP contribution in [0.2, 0.25) is 0 Å². The van der Waals surface area contributed by atoms with Gasteiger partial charge in [-0.25, -0.2) is 0 Å². The van der Waals surface area contributed by atoms with Gasteiger partial charge in [-0.05, 0) is 86.0 Å². The molecule has 4 heteroatoms. The molecule has 3 aromatic rings. The number of anilines is 2. The van der Waals surface area contributed by atoms with E-state index in [1.807, 2.05) is 63.2 Å². The van der Waals surface area contributed by atoms with Crippen LogP contribution in [0, 0.1) is 20.8 Å². The molecular formula is C23H22N2O2. The van der Waals surface area contributed by atoms with E-state index in [9.17, 15) is 9.59 Å². The third-order valence-electron chi connectivity index (χ3n) is 4.45. The lowest BCUT2D eigenvalue weighted by atomic mass is 10.1. The van der Waals surface area contributed by atoms with Crippen molar-refractivity contribution in [1.29, 1.82) is 0 Å². The molecule has 0 aliphatic rings. The fourth-order valence-corrected chi connectivity index (χ4v) is 2.72. The van der Waals surface area contributed by atoms with Crippen molar-refractivity contribution in [2.75, 3.05) is 10.6 Å². The van der Waals surface area contributed by atoms with Crippen molar-refractivity contribution in [3.05, 3.63) is 94.5 Å². The summed E-state index contributed by atoms with van der Waals surface area (Å²) in [7, 11) is 0. The highest BCUT2D eigenvalue weighted by Crippen LogP contribution is 2.16. The van der Waals surface area contributed by atoms with Crippen LogP contribution in [0.3, 0.4) is 0 Å². The Morgan fingerprint density at radius 1 is 0.630 bits per heavy atom. The van der Waals surface area contributed by atoms with Gasteiger partial charge in [0.1, 0.15) is 0 Å². The fraction of sp³-hybridized carbons (Fsp3) is 0.130. The van der Waals surface area contributed by atoms with Gasteiger partial charge in [-0.1, -0.05) is 18.2 Å². The van der Waals surface area contributed by atoms with E-state index < -0.39 is 0 Å². The molecule has 0 aromatic heterocycles. The van der Waals surface area contributed by atoms with E-state index in [2.05, 4.69) is 10.6 Å². The van der Waals surface area contributed by atoms with Crippen LogP contribution >= 0.6 is 0 Å². The molecule has 0 spiro atoms. The lowest BCUT2D eigenvalue weighted by Crippen LogP contribution is -2.14. The van der Waals surface area contributed by atoms with Gasteiger partial charge < -0.3 is 10.6 Å². The maximum atomic E-state index is 12.4. The zero-order valence-corrected chi connectivity index (χ0v) is 15.7. The Hall–Kier alpha value is -3.40. The molecule has 0 saturated carbocycles. The minimum absolute atomic E-state index is 0.205. The van der Waals surface area contributed by atoms with Crippen molar-refractivity contribution in [1.82, 2.24) is 0 Å². The molecule has 0 aliphatic carbocycles. The van der Waals surface area contributed by atoms with Crippen molar-refractivity contribution in [2.24, 2.45) is 0 Å². The molecule has 0 atom stereocenters. The molecule has 0 fully saturated rings. The summed E-state index contributed by atoms with van der Waals surface area (Å²) in [4.78, 5) is 24.8. The van der Waals surface area contributed by atoms with Gasteiger partial charge in [0, 0.05) is 22.5 Å². The van der Waals surface area contributed by atoms with Crippen molar-refractivity contribution in [3.63, 3.8) is 0 Å². The van der Waals surface area contributed by atoms with Gasteiger partial charge in [0.05, 0.1) is 0 Å². The minimum atomic E-state index is -0.207. The number of aryl methyl sites for hydroxylation is 3. The summed E-state index contributed by atoms with van der Waals surface area (Å²) < 4.78 is 0. The molecule has 0 radical (unpaired) electrons. The highest BCUT2D eigenvalue weighted by atomic mass is 16.2. The number of rotatable bonds is 4. The lowest BCUT2D eigenvalue weighted by molar-refractivity contribution is 0.101. The van der Waals surface area contributed by atoms with Gasteiger partial charge in [-0.3, -0.25) is 9.59 Å². The third-order valence-corrected chi connectivity index (χ3v) is 4.45. The molecule has 0 heterocycles. The highest BCUT2D eigenvalue weighted by molar-refractivity contribution is 6.07. The van der Waals surface area contributed by atoms with Crippen molar-refractivity contribution >= 4 is 23.2 Å². The van der Waals surface area contributed by atoms with Gasteiger partial charge in [0.15, 0.2) is 0 Å². The van der Waals surface area contributed by atoms with Crippen LogP contribution < -0.4 is 10.6 Å². The summed E-state index contributed by atoms with van der Waals surface area (Å²) in [5.41, 5.74) is 5.87. The molecular weight excluding hydrogens is 336 g/mol. The van der Waals surface area contributed by atoms with Gasteiger partial charge in [0.2, 0.25) is 0 Å². The van der Waals surface area contributed by atoms with Crippen LogP contribution in [-0.2, 0) is 0 Å². The summed E-state index contributed by atoms with van der Waals surface area (Å²) in [6.07, 6.45) is 0. The predicted molar refractivity (Wildman–Crippen MR) is 109 cm³/mol. The van der Waals surface area contributed by atoms with Crippen LogP contribution in [0.4, 0.5) is 11.4 Å². The Labute approximate surface area is 159 Å². The quantitative estimate of drug-likeness (QED) is 0.680. The summed E-state index contributed by atoms with van der Waals surface area (Å²) >= 11 is 0. The largest absolute Gasteiger partial charge is 0.322 e. The maximum absolute atomic E-state index is 12.4. The molecule has 0 aliphatic heterocycles. The SMILES string of the molecule is Cc1cccc(NC(=O)c2ccc(C(=O)Nc3ccc(C)c(C)c3)cc2)c1. The van der Waals surface area contributed by atoms with E-state index >= 15 is 0 Å². The summed E-state index contributed by atoms with van der Waals surface area (Å²) in [5.74, 6) is -0.411. The smallest absolute Gasteiger partial charge is 0.255 e. The van der Waals surface area contributed by atoms with Gasteiger partial charge in [-0.15, -0.1) is 0 Å². The Kier molecular flexibility index (Phi) is 5.36. The zero-order valence-electron chi connectivity index (χ0n) is 15.7. The standard InChI is InChI=1S/C23H22N2O2/c1-15-5-4-6-20(13-15)24-22(26)18-8-10-19(11-9-18)23(27)25-21-12-7-16(2)17(3)14-21/h4-14H,1-3H3,(H,24,26)(H,25,27). The topological polar surface area (TPSA) is 58.2 Å². The van der Waals surface area contributed by atoms with E-state index in [1.165, 1.54) is 5.56 Å². The fourth-order valence-electron chi connectivity index (χ4n) is 2.72. The molecule has 2 amide bonds. The van der Waals surface area contributed by atoms with E-state index in [1.54, 1.807) is 24.3 Å². The first-order valence-electron chi connectivity index (χ1n) is 8.79. The second kappa shape index (κ2) is 7.87. The molecule has 2 N–H and O–H groups in total. The molecule has 0 unspecified atom stereocenters. The Morgan fingerprint density at radius 3 is 1.70 bits per heavy atom. The molecule has 3 aromatic carbocycles. The minimum Gasteiger partial charge on any atom is -0.322 e. The number of carbonyl (C=O) groups excluding carboxylic acids is 2. The molecule has 4 nitrogen and oxygen atoms in total. The summed E-state index contributed by atoms with van der Waals surface area (Å²) in [6, 6.07) is 20.0. The van der Waals surface area contributed by atoms with E-state index in [-0.39, 0.29) is 11.8 Å². The normalized spacial score (nSPS) is 10.3. The lowest BCUT2D eigenvalue weighted by Gasteiger charge is -2.09. The zero-order chi connectivity index (χ0) is 19.4. The van der Waals surface area contributed by atoms with Crippen LogP contribution in [-0.4, -0.2) is 11.8 Å². The predicted octanol–water partition coefficient (Wildman–Crippen LogP) is 5.12. The van der Waals surface area contributed by atoms with Gasteiger partial charge in [-0.2, -0.15) is 0 Å². The molecule has 0 saturated heterocycles. The van der Waals surface area contributed by atoms with Crippen LogP contribution in [0.5, 0.6) is 0 Å². The van der Waals surface area contributed by atoms with Crippen molar-refractivity contribution in [3.8, 4) is 0 Å². The number of hydrogen-bond acceptors (Lipinski definition) is 2. The average molecular weight is 358 g/mol. The number of carbonyl (C=O) groups is 2. The number of amides is 2. The van der Waals surface area contributed by atoms with E-state index in [0.717, 1.165) is 22.5 Å². The monoisotopic (exact) mass is 358 g/mol. The molecule has 136 valence electrons. The number of hydrogen-bond donors (Lipinski definition) is 2. The van der Waals surface area contributed by atoms with Crippen LogP contribution in [0.1, 0.15) is 37.4 Å². The number of benzene rings is 3. The first kappa shape index (κ1) is 18.4. The highest BCUT2D eigenvalue weighted by Gasteiger charge is 2.10. The van der Waals surface area contributed by atoms with E-state index in [4.69, 9.17) is 0 Å². The van der Waals surface area contributed by atoms with Crippen LogP contribution in [0.25, 0.3) is 0 Å². The number of nitrogens with one attached hydrogen (secondary N) is 2. The Morgan fingerprint density at radius 2 is 1.19 bits per heavy atom. The molecule has 3 rings (SSSR count). The Balaban J connectivity index is 1.67. The second-order valence-corrected chi connectivity index (χ2v) is 6.65. The molecule has 27 heavy (non-hydrogen) atoms. The third kappa shape index (κ3) is 4.61. The summed E-state index contributed by atoms with van der Waals surface area (Å²) in [6.45, 7) is 6.01. The molecule has 0 bridgehead atoms. The van der Waals surface area contributed by atoms with E-state index in [0.29, 0.717) is 11.1 Å². The first-order chi connectivity index (χ1) is 12.9. The Bertz CT molecular complexity index is 992.